The van der Waals surface area contributed by atoms with E-state index in [2.05, 4.69) is 5.32 Å². The normalized spacial score (nSPS) is 14.4. The first-order chi connectivity index (χ1) is 9.47. The van der Waals surface area contributed by atoms with Gasteiger partial charge in [0, 0.05) is 5.69 Å². The Balaban J connectivity index is 1.99. The molecule has 1 aliphatic rings. The van der Waals surface area contributed by atoms with Crippen LogP contribution in [0.3, 0.4) is 0 Å². The summed E-state index contributed by atoms with van der Waals surface area (Å²) in [6, 6.07) is 4.58. The Hall–Kier alpha value is -2.02. The Labute approximate surface area is 120 Å². The first kappa shape index (κ1) is 14.4. The molecule has 2 rings (SSSR count). The van der Waals surface area contributed by atoms with Crippen LogP contribution >= 0.6 is 11.8 Å². The molecule has 20 heavy (non-hydrogen) atoms. The van der Waals surface area contributed by atoms with Crippen LogP contribution in [0, 0.1) is 6.92 Å². The van der Waals surface area contributed by atoms with Gasteiger partial charge in [0.05, 0.1) is 17.2 Å². The van der Waals surface area contributed by atoms with Gasteiger partial charge >= 0.3 is 5.97 Å². The van der Waals surface area contributed by atoms with E-state index < -0.39 is 5.97 Å². The lowest BCUT2D eigenvalue weighted by Crippen LogP contribution is -2.34. The fourth-order valence-electron chi connectivity index (χ4n) is 1.90. The van der Waals surface area contributed by atoms with Gasteiger partial charge in [-0.1, -0.05) is 0 Å². The number of thioether (sulfide) groups is 1. The quantitative estimate of drug-likeness (QED) is 0.870. The third kappa shape index (κ3) is 3.30. The van der Waals surface area contributed by atoms with E-state index in [4.69, 9.17) is 5.11 Å². The monoisotopic (exact) mass is 294 g/mol. The molecular weight excluding hydrogens is 280 g/mol. The van der Waals surface area contributed by atoms with Crippen molar-refractivity contribution in [3.63, 3.8) is 0 Å². The molecule has 0 aromatic heterocycles. The van der Waals surface area contributed by atoms with E-state index in [1.54, 1.807) is 13.0 Å². The summed E-state index contributed by atoms with van der Waals surface area (Å²) in [5.74, 6) is -0.380. The molecule has 0 bridgehead atoms. The van der Waals surface area contributed by atoms with Crippen LogP contribution in [0.5, 0.6) is 0 Å². The lowest BCUT2D eigenvalue weighted by atomic mass is 10.1. The Bertz CT molecular complexity index is 573. The lowest BCUT2D eigenvalue weighted by molar-refractivity contribution is -0.130. The number of carbonyl (C=O) groups excluding carboxylic acids is 2. The Morgan fingerprint density at radius 2 is 2.20 bits per heavy atom. The average Bonchev–Trinajstić information content (AvgIpc) is 2.74. The number of hydrogen-bond acceptors (Lipinski definition) is 4. The molecule has 1 aromatic rings. The van der Waals surface area contributed by atoms with Crippen LogP contribution in [-0.4, -0.2) is 46.0 Å². The molecule has 1 aliphatic heterocycles. The van der Waals surface area contributed by atoms with E-state index in [0.717, 1.165) is 0 Å². The van der Waals surface area contributed by atoms with Crippen LogP contribution in [0.1, 0.15) is 15.9 Å². The van der Waals surface area contributed by atoms with Gasteiger partial charge in [-0.15, -0.1) is 11.8 Å². The first-order valence-corrected chi connectivity index (χ1v) is 7.12. The molecule has 1 heterocycles. The van der Waals surface area contributed by atoms with Crippen molar-refractivity contribution in [2.24, 2.45) is 0 Å². The fraction of sp³-hybridized carbons (Fsp3) is 0.308. The topological polar surface area (TPSA) is 86.7 Å². The predicted molar refractivity (Wildman–Crippen MR) is 75.8 cm³/mol. The Morgan fingerprint density at radius 1 is 1.45 bits per heavy atom. The zero-order valence-corrected chi connectivity index (χ0v) is 11.7. The third-order valence-electron chi connectivity index (χ3n) is 2.90. The van der Waals surface area contributed by atoms with Crippen LogP contribution in [0.25, 0.3) is 0 Å². The molecule has 106 valence electrons. The van der Waals surface area contributed by atoms with E-state index in [0.29, 0.717) is 22.9 Å². The average molecular weight is 294 g/mol. The zero-order valence-electron chi connectivity index (χ0n) is 10.9. The number of nitrogens with one attached hydrogen (secondary N) is 1. The highest BCUT2D eigenvalue weighted by Gasteiger charge is 2.22. The molecule has 1 fully saturated rings. The predicted octanol–water partition coefficient (Wildman–Crippen LogP) is 1.16. The van der Waals surface area contributed by atoms with Crippen molar-refractivity contribution < 1.29 is 19.5 Å². The number of nitrogens with zero attached hydrogens (tertiary/aromatic N) is 1. The van der Waals surface area contributed by atoms with Gasteiger partial charge in [0.1, 0.15) is 6.54 Å². The fourth-order valence-corrected chi connectivity index (χ4v) is 2.80. The highest BCUT2D eigenvalue weighted by Crippen LogP contribution is 2.17. The maximum Gasteiger partial charge on any atom is 0.335 e. The van der Waals surface area contributed by atoms with Gasteiger partial charge in [-0.3, -0.25) is 9.59 Å². The number of amides is 2. The minimum atomic E-state index is -1.000. The van der Waals surface area contributed by atoms with Crippen molar-refractivity contribution >= 4 is 35.2 Å². The molecule has 1 saturated heterocycles. The van der Waals surface area contributed by atoms with Gasteiger partial charge in [-0.25, -0.2) is 4.79 Å². The summed E-state index contributed by atoms with van der Waals surface area (Å²) < 4.78 is 0. The summed E-state index contributed by atoms with van der Waals surface area (Å²) in [5, 5.41) is 11.6. The van der Waals surface area contributed by atoms with Crippen LogP contribution in [-0.2, 0) is 9.59 Å². The third-order valence-corrected chi connectivity index (χ3v) is 3.85. The second-order valence-electron chi connectivity index (χ2n) is 4.45. The molecule has 6 nitrogen and oxygen atoms in total. The van der Waals surface area contributed by atoms with Crippen molar-refractivity contribution in [1.82, 2.24) is 4.90 Å². The summed E-state index contributed by atoms with van der Waals surface area (Å²) in [6.07, 6.45) is 0. The smallest absolute Gasteiger partial charge is 0.335 e. The first-order valence-electron chi connectivity index (χ1n) is 5.96. The van der Waals surface area contributed by atoms with Crippen molar-refractivity contribution in [3.8, 4) is 0 Å². The molecule has 0 saturated carbocycles. The van der Waals surface area contributed by atoms with Crippen molar-refractivity contribution in [2.75, 3.05) is 23.5 Å². The van der Waals surface area contributed by atoms with Crippen LogP contribution < -0.4 is 5.32 Å². The number of aryl methyl sites for hydroxylation is 1. The number of rotatable bonds is 4. The molecule has 0 aliphatic carbocycles. The maximum absolute atomic E-state index is 11.8. The number of carboxylic acid groups (broad SMARTS) is 1. The number of aromatic carboxylic acids is 1. The molecule has 0 spiro atoms. The van der Waals surface area contributed by atoms with Gasteiger partial charge in [0.2, 0.25) is 11.8 Å². The van der Waals surface area contributed by atoms with E-state index in [9.17, 15) is 14.4 Å². The number of carboxylic acids is 1. The SMILES string of the molecule is Cc1cc(NC(=O)CN2CSCC2=O)ccc1C(=O)O. The molecule has 0 unspecified atom stereocenters. The van der Waals surface area contributed by atoms with E-state index >= 15 is 0 Å². The van der Waals surface area contributed by atoms with Crippen LogP contribution in [0.4, 0.5) is 5.69 Å². The molecule has 1 aromatic carbocycles. The molecule has 2 N–H and O–H groups in total. The Kier molecular flexibility index (Phi) is 4.29. The van der Waals surface area contributed by atoms with Gasteiger partial charge in [0.15, 0.2) is 0 Å². The van der Waals surface area contributed by atoms with Gasteiger partial charge < -0.3 is 15.3 Å². The minimum absolute atomic E-state index is 0.0194. The minimum Gasteiger partial charge on any atom is -0.478 e. The zero-order chi connectivity index (χ0) is 14.7. The standard InChI is InChI=1S/C13H14N2O4S/c1-8-4-9(2-3-10(8)13(18)19)14-11(16)5-15-7-20-6-12(15)17/h2-4H,5-7H2,1H3,(H,14,16)(H,18,19). The van der Waals surface area contributed by atoms with Crippen molar-refractivity contribution in [1.29, 1.82) is 0 Å². The molecule has 2 amide bonds. The highest BCUT2D eigenvalue weighted by molar-refractivity contribution is 8.00. The van der Waals surface area contributed by atoms with Gasteiger partial charge in [-0.2, -0.15) is 0 Å². The maximum atomic E-state index is 11.8. The van der Waals surface area contributed by atoms with Gasteiger partial charge in [-0.05, 0) is 30.7 Å². The van der Waals surface area contributed by atoms with E-state index in [-0.39, 0.29) is 23.9 Å². The molecule has 7 heteroatoms. The van der Waals surface area contributed by atoms with Crippen LogP contribution in [0.2, 0.25) is 0 Å². The summed E-state index contributed by atoms with van der Waals surface area (Å²) in [5.41, 5.74) is 1.30. The second-order valence-corrected chi connectivity index (χ2v) is 5.41. The molecule has 0 radical (unpaired) electrons. The van der Waals surface area contributed by atoms with Crippen molar-refractivity contribution in [2.45, 2.75) is 6.92 Å². The van der Waals surface area contributed by atoms with Crippen molar-refractivity contribution in [3.05, 3.63) is 29.3 Å². The summed E-state index contributed by atoms with van der Waals surface area (Å²) >= 11 is 1.48. The molecular formula is C13H14N2O4S. The van der Waals surface area contributed by atoms with Gasteiger partial charge in [0.25, 0.3) is 0 Å². The highest BCUT2D eigenvalue weighted by atomic mass is 32.2. The van der Waals surface area contributed by atoms with E-state index in [1.807, 2.05) is 0 Å². The second kappa shape index (κ2) is 5.96. The van der Waals surface area contributed by atoms with E-state index in [1.165, 1.54) is 28.8 Å². The van der Waals surface area contributed by atoms with Crippen LogP contribution in [0.15, 0.2) is 18.2 Å². The summed E-state index contributed by atoms with van der Waals surface area (Å²) in [4.78, 5) is 35.6. The largest absolute Gasteiger partial charge is 0.478 e. The summed E-state index contributed by atoms with van der Waals surface area (Å²) in [7, 11) is 0. The number of carbonyl (C=O) groups is 3. The number of anilines is 1. The summed E-state index contributed by atoms with van der Waals surface area (Å²) in [6.45, 7) is 1.69. The molecule has 0 atom stereocenters. The number of benzene rings is 1. The number of hydrogen-bond donors (Lipinski definition) is 2. The Morgan fingerprint density at radius 3 is 2.75 bits per heavy atom. The lowest BCUT2D eigenvalue weighted by Gasteiger charge is -2.14.